The Morgan fingerprint density at radius 1 is 0.970 bits per heavy atom. The van der Waals surface area contributed by atoms with E-state index in [4.69, 9.17) is 0 Å². The summed E-state index contributed by atoms with van der Waals surface area (Å²) in [6.45, 7) is 9.38. The lowest BCUT2D eigenvalue weighted by Crippen LogP contribution is -2.33. The van der Waals surface area contributed by atoms with Crippen LogP contribution in [-0.4, -0.2) is 66.9 Å². The number of Topliss-reactive ketones (excluding diaryl/α,β-unsaturated/α-hetero) is 1. The van der Waals surface area contributed by atoms with Crippen molar-refractivity contribution in [3.63, 3.8) is 0 Å². The molecule has 1 unspecified atom stereocenters. The largest absolute Gasteiger partial charge is 0.507 e. The van der Waals surface area contributed by atoms with E-state index in [0.29, 0.717) is 12.1 Å². The van der Waals surface area contributed by atoms with Crippen molar-refractivity contribution in [2.75, 3.05) is 45.2 Å². The molecular weight excluding hydrogens is 414 g/mol. The number of carbonyl (C=O) groups excluding carboxylic acids is 2. The molecule has 0 aliphatic carbocycles. The van der Waals surface area contributed by atoms with Crippen LogP contribution in [0.15, 0.2) is 54.1 Å². The number of amides is 1. The van der Waals surface area contributed by atoms with E-state index in [0.717, 1.165) is 42.9 Å². The van der Waals surface area contributed by atoms with Crippen LogP contribution in [0.1, 0.15) is 43.0 Å². The molecule has 1 atom stereocenters. The average Bonchev–Trinajstić information content (AvgIpc) is 3.07. The summed E-state index contributed by atoms with van der Waals surface area (Å²) in [4.78, 5) is 32.1. The Balaban J connectivity index is 2.03. The van der Waals surface area contributed by atoms with Gasteiger partial charge in [-0.2, -0.15) is 0 Å². The molecule has 3 rings (SSSR count). The van der Waals surface area contributed by atoms with E-state index < -0.39 is 17.7 Å². The summed E-state index contributed by atoms with van der Waals surface area (Å²) in [7, 11) is 3.93. The number of hydrogen-bond acceptors (Lipinski definition) is 5. The van der Waals surface area contributed by atoms with Crippen LogP contribution >= 0.6 is 0 Å². The zero-order chi connectivity index (χ0) is 24.1. The highest BCUT2D eigenvalue weighted by Crippen LogP contribution is 2.39. The first-order valence-electron chi connectivity index (χ1n) is 11.6. The third kappa shape index (κ3) is 5.28. The van der Waals surface area contributed by atoms with Crippen molar-refractivity contribution in [3.8, 4) is 0 Å². The standard InChI is InChI=1S/C27H35N3O3/c1-6-29(7-2)17-8-18-30-24(20-13-15-22(16-14-20)28(4)5)23(26(32)27(30)33)25(31)21-11-9-19(3)10-12-21/h9-16,24,31H,6-8,17-18H2,1-5H3/b25-23+. The van der Waals surface area contributed by atoms with E-state index in [1.165, 1.54) is 0 Å². The van der Waals surface area contributed by atoms with Crippen LogP contribution < -0.4 is 4.90 Å². The van der Waals surface area contributed by atoms with Gasteiger partial charge in [-0.15, -0.1) is 0 Å². The Morgan fingerprint density at radius 2 is 1.58 bits per heavy atom. The average molecular weight is 450 g/mol. The summed E-state index contributed by atoms with van der Waals surface area (Å²) in [6, 6.07) is 14.5. The molecule has 1 fully saturated rings. The molecule has 1 saturated heterocycles. The van der Waals surface area contributed by atoms with Gasteiger partial charge in [0.25, 0.3) is 11.7 Å². The van der Waals surface area contributed by atoms with Gasteiger partial charge >= 0.3 is 0 Å². The summed E-state index contributed by atoms with van der Waals surface area (Å²) >= 11 is 0. The van der Waals surface area contributed by atoms with Gasteiger partial charge < -0.3 is 19.8 Å². The van der Waals surface area contributed by atoms with E-state index in [1.807, 2.05) is 62.3 Å². The molecule has 0 aromatic heterocycles. The zero-order valence-corrected chi connectivity index (χ0v) is 20.3. The molecule has 1 aliphatic rings. The van der Waals surface area contributed by atoms with Crippen molar-refractivity contribution in [2.45, 2.75) is 33.2 Å². The predicted octanol–water partition coefficient (Wildman–Crippen LogP) is 4.21. The molecule has 2 aromatic rings. The third-order valence-corrected chi connectivity index (χ3v) is 6.36. The van der Waals surface area contributed by atoms with Crippen LogP contribution in [0, 0.1) is 6.92 Å². The number of hydrogen-bond donors (Lipinski definition) is 1. The van der Waals surface area contributed by atoms with Crippen molar-refractivity contribution in [2.24, 2.45) is 0 Å². The minimum absolute atomic E-state index is 0.124. The molecular formula is C27H35N3O3. The first-order chi connectivity index (χ1) is 15.8. The maximum absolute atomic E-state index is 13.1. The van der Waals surface area contributed by atoms with E-state index in [-0.39, 0.29) is 11.3 Å². The Morgan fingerprint density at radius 3 is 2.12 bits per heavy atom. The SMILES string of the molecule is CCN(CC)CCCN1C(=O)C(=O)/C(=C(/O)c2ccc(C)cc2)C1c1ccc(N(C)C)cc1. The number of anilines is 1. The highest BCUT2D eigenvalue weighted by atomic mass is 16.3. The fraction of sp³-hybridized carbons (Fsp3) is 0.407. The van der Waals surface area contributed by atoms with Gasteiger partial charge in [0.15, 0.2) is 0 Å². The Labute approximate surface area is 197 Å². The Kier molecular flexibility index (Phi) is 7.92. The number of likely N-dealkylation sites (tertiary alicyclic amines) is 1. The number of carbonyl (C=O) groups is 2. The number of aliphatic hydroxyl groups excluding tert-OH is 1. The lowest BCUT2D eigenvalue weighted by atomic mass is 9.94. The molecule has 0 spiro atoms. The van der Waals surface area contributed by atoms with Crippen LogP contribution in [-0.2, 0) is 9.59 Å². The molecule has 1 N–H and O–H groups in total. The zero-order valence-electron chi connectivity index (χ0n) is 20.3. The normalized spacial score (nSPS) is 17.8. The van der Waals surface area contributed by atoms with Crippen molar-refractivity contribution in [3.05, 3.63) is 70.8 Å². The molecule has 0 saturated carbocycles. The van der Waals surface area contributed by atoms with Crippen molar-refractivity contribution in [1.82, 2.24) is 9.80 Å². The monoisotopic (exact) mass is 449 g/mol. The first kappa shape index (κ1) is 24.5. The van der Waals surface area contributed by atoms with Gasteiger partial charge in [0.05, 0.1) is 11.6 Å². The van der Waals surface area contributed by atoms with Crippen molar-refractivity contribution in [1.29, 1.82) is 0 Å². The first-order valence-corrected chi connectivity index (χ1v) is 11.6. The number of ketones is 1. The van der Waals surface area contributed by atoms with Gasteiger partial charge in [0.2, 0.25) is 0 Å². The number of aliphatic hydroxyl groups is 1. The lowest BCUT2D eigenvalue weighted by molar-refractivity contribution is -0.140. The Hall–Kier alpha value is -3.12. The molecule has 33 heavy (non-hydrogen) atoms. The van der Waals surface area contributed by atoms with Gasteiger partial charge in [-0.3, -0.25) is 9.59 Å². The van der Waals surface area contributed by atoms with Gasteiger partial charge in [-0.05, 0) is 50.7 Å². The molecule has 176 valence electrons. The maximum Gasteiger partial charge on any atom is 0.295 e. The third-order valence-electron chi connectivity index (χ3n) is 6.36. The second-order valence-electron chi connectivity index (χ2n) is 8.72. The molecule has 2 aromatic carbocycles. The fourth-order valence-electron chi connectivity index (χ4n) is 4.28. The highest BCUT2D eigenvalue weighted by molar-refractivity contribution is 6.46. The predicted molar refractivity (Wildman–Crippen MR) is 133 cm³/mol. The number of benzene rings is 2. The van der Waals surface area contributed by atoms with E-state index in [1.54, 1.807) is 17.0 Å². The number of aryl methyl sites for hydroxylation is 1. The van der Waals surface area contributed by atoms with Crippen molar-refractivity contribution < 1.29 is 14.7 Å². The molecule has 1 heterocycles. The van der Waals surface area contributed by atoms with Gasteiger partial charge in [0, 0.05) is 31.9 Å². The van der Waals surface area contributed by atoms with Crippen LogP contribution in [0.25, 0.3) is 5.76 Å². The van der Waals surface area contributed by atoms with E-state index in [2.05, 4.69) is 18.7 Å². The highest BCUT2D eigenvalue weighted by Gasteiger charge is 2.45. The molecule has 6 nitrogen and oxygen atoms in total. The minimum Gasteiger partial charge on any atom is -0.507 e. The van der Waals surface area contributed by atoms with Gasteiger partial charge in [0.1, 0.15) is 5.76 Å². The summed E-state index contributed by atoms with van der Waals surface area (Å²) in [5.74, 6) is -1.30. The van der Waals surface area contributed by atoms with Crippen LogP contribution in [0.5, 0.6) is 0 Å². The van der Waals surface area contributed by atoms with E-state index in [9.17, 15) is 14.7 Å². The lowest BCUT2D eigenvalue weighted by Gasteiger charge is -2.27. The molecule has 0 radical (unpaired) electrons. The molecule has 0 bridgehead atoms. The number of rotatable bonds is 9. The van der Waals surface area contributed by atoms with Gasteiger partial charge in [-0.25, -0.2) is 0 Å². The van der Waals surface area contributed by atoms with E-state index >= 15 is 0 Å². The summed E-state index contributed by atoms with van der Waals surface area (Å²) in [5, 5.41) is 11.1. The van der Waals surface area contributed by atoms with Gasteiger partial charge in [-0.1, -0.05) is 55.8 Å². The second-order valence-corrected chi connectivity index (χ2v) is 8.72. The quantitative estimate of drug-likeness (QED) is 0.353. The van der Waals surface area contributed by atoms with Crippen LogP contribution in [0.3, 0.4) is 0 Å². The minimum atomic E-state index is -0.627. The fourth-order valence-corrected chi connectivity index (χ4v) is 4.28. The summed E-state index contributed by atoms with van der Waals surface area (Å²) < 4.78 is 0. The molecule has 1 aliphatic heterocycles. The molecule has 6 heteroatoms. The molecule has 1 amide bonds. The number of nitrogens with zero attached hydrogens (tertiary/aromatic N) is 3. The van der Waals surface area contributed by atoms with Crippen LogP contribution in [0.2, 0.25) is 0 Å². The Bertz CT molecular complexity index is 1010. The second kappa shape index (κ2) is 10.7. The summed E-state index contributed by atoms with van der Waals surface area (Å²) in [5.41, 5.74) is 3.59. The topological polar surface area (TPSA) is 64.1 Å². The maximum atomic E-state index is 13.1. The van der Waals surface area contributed by atoms with Crippen molar-refractivity contribution >= 4 is 23.1 Å². The summed E-state index contributed by atoms with van der Waals surface area (Å²) in [6.07, 6.45) is 0.756. The van der Waals surface area contributed by atoms with Crippen LogP contribution in [0.4, 0.5) is 5.69 Å². The smallest absolute Gasteiger partial charge is 0.295 e.